The molecule has 7 unspecified atom stereocenters. The van der Waals surface area contributed by atoms with Crippen LogP contribution in [0.4, 0.5) is 0 Å². The Labute approximate surface area is 538 Å². The molecule has 7 atom stereocenters. The number of amides is 1. The van der Waals surface area contributed by atoms with Crippen LogP contribution >= 0.6 is 0 Å². The van der Waals surface area contributed by atoms with Gasteiger partial charge in [0.2, 0.25) is 5.91 Å². The molecule has 0 aromatic carbocycles. The number of ether oxygens (including phenoxy) is 2. The molecular weight excluding hydrogens is 1110 g/mol. The monoisotopic (exact) mass is 1260 g/mol. The minimum Gasteiger partial charge on any atom is -0.394 e. The molecule has 1 rings (SSSR count). The van der Waals surface area contributed by atoms with E-state index in [0.29, 0.717) is 6.42 Å². The largest absolute Gasteiger partial charge is 0.397 e. The van der Waals surface area contributed by atoms with Crippen LogP contribution in [0, 0.1) is 0 Å². The molecule has 0 saturated carbocycles. The molecule has 12 nitrogen and oxygen atoms in total. The Hall–Kier alpha value is -1.16. The lowest BCUT2D eigenvalue weighted by Gasteiger charge is -2.41. The molecule has 1 fully saturated rings. The summed E-state index contributed by atoms with van der Waals surface area (Å²) in [6.45, 7) is 3.48. The summed E-state index contributed by atoms with van der Waals surface area (Å²) in [7, 11) is -5.09. The summed E-state index contributed by atoms with van der Waals surface area (Å²) < 4.78 is 48.1. The predicted octanol–water partition coefficient (Wildman–Crippen LogP) is 20.5. The average molecular weight is 1260 g/mol. The van der Waals surface area contributed by atoms with Gasteiger partial charge in [0.1, 0.15) is 24.4 Å². The van der Waals surface area contributed by atoms with Gasteiger partial charge in [0.15, 0.2) is 6.29 Å². The highest BCUT2D eigenvalue weighted by Gasteiger charge is 2.48. The minimum absolute atomic E-state index is 0.252. The lowest BCUT2D eigenvalue weighted by Crippen LogP contribution is -2.61. The van der Waals surface area contributed by atoms with Crippen molar-refractivity contribution in [3.63, 3.8) is 0 Å². The number of allylic oxidation sites excluding steroid dienone is 1. The van der Waals surface area contributed by atoms with Crippen LogP contribution < -0.4 is 5.32 Å². The Balaban J connectivity index is 2.16. The van der Waals surface area contributed by atoms with Crippen LogP contribution in [-0.2, 0) is 28.9 Å². The molecule has 87 heavy (non-hydrogen) atoms. The first-order valence-corrected chi connectivity index (χ1v) is 39.4. The SMILES string of the molecule is CCCCCCCCCCCCCCCCCCCCCCC/C=C/C(O)C(COC1OC(CO)C(O)C(OS(=O)(=O)O)C1O)NC(=O)CCCCCCCCCCCCCCCCCCCCCCCCCCCCCCCCCCCCCCC. The Morgan fingerprint density at radius 3 is 1.00 bits per heavy atom. The molecule has 6 N–H and O–H groups in total. The number of hydrogen-bond acceptors (Lipinski definition) is 10. The molecule has 0 aromatic rings. The maximum atomic E-state index is 13.2. The Morgan fingerprint density at radius 2 is 0.724 bits per heavy atom. The van der Waals surface area contributed by atoms with Crippen LogP contribution in [0.1, 0.15) is 399 Å². The summed E-state index contributed by atoms with van der Waals surface area (Å²) in [4.78, 5) is 13.2. The van der Waals surface area contributed by atoms with Crippen molar-refractivity contribution < 1.29 is 51.8 Å². The predicted molar refractivity (Wildman–Crippen MR) is 366 cm³/mol. The summed E-state index contributed by atoms with van der Waals surface area (Å²) in [5.74, 6) is -0.252. The smallest absolute Gasteiger partial charge is 0.394 e. The van der Waals surface area contributed by atoms with Crippen molar-refractivity contribution >= 4 is 16.3 Å². The fraction of sp³-hybridized carbons (Fsp3) is 0.959. The number of nitrogens with one attached hydrogen (secondary N) is 1. The van der Waals surface area contributed by atoms with Crippen molar-refractivity contribution in [2.45, 2.75) is 442 Å². The molecule has 1 saturated heterocycles. The van der Waals surface area contributed by atoms with Gasteiger partial charge >= 0.3 is 10.4 Å². The molecule has 1 aliphatic rings. The lowest BCUT2D eigenvalue weighted by molar-refractivity contribution is -0.298. The highest BCUT2D eigenvalue weighted by Crippen LogP contribution is 2.27. The summed E-state index contributed by atoms with van der Waals surface area (Å²) in [5, 5.41) is 45.2. The summed E-state index contributed by atoms with van der Waals surface area (Å²) in [5.41, 5.74) is 0. The molecule has 13 heteroatoms. The van der Waals surface area contributed by atoms with Gasteiger partial charge in [-0.2, -0.15) is 8.42 Å². The van der Waals surface area contributed by atoms with Gasteiger partial charge in [0.25, 0.3) is 0 Å². The zero-order chi connectivity index (χ0) is 63.2. The molecule has 0 aromatic heterocycles. The Bertz CT molecular complexity index is 1570. The number of carbonyl (C=O) groups is 1. The van der Waals surface area contributed by atoms with E-state index in [1.807, 2.05) is 6.08 Å². The van der Waals surface area contributed by atoms with Gasteiger partial charge in [-0.25, -0.2) is 4.18 Å². The van der Waals surface area contributed by atoms with E-state index in [9.17, 15) is 38.2 Å². The molecule has 0 spiro atoms. The van der Waals surface area contributed by atoms with Gasteiger partial charge in [-0.1, -0.05) is 386 Å². The molecule has 0 bridgehead atoms. The quantitative estimate of drug-likeness (QED) is 0.0193. The van der Waals surface area contributed by atoms with Crippen molar-refractivity contribution in [2.75, 3.05) is 13.2 Å². The maximum absolute atomic E-state index is 13.2. The van der Waals surface area contributed by atoms with Crippen LogP contribution in [0.15, 0.2) is 12.2 Å². The first-order chi connectivity index (χ1) is 42.5. The highest BCUT2D eigenvalue weighted by molar-refractivity contribution is 7.80. The molecule has 518 valence electrons. The van der Waals surface area contributed by atoms with Crippen LogP contribution in [0.5, 0.6) is 0 Å². The van der Waals surface area contributed by atoms with Crippen LogP contribution in [0.3, 0.4) is 0 Å². The van der Waals surface area contributed by atoms with Crippen molar-refractivity contribution in [1.29, 1.82) is 0 Å². The third kappa shape index (κ3) is 55.0. The fourth-order valence-corrected chi connectivity index (χ4v) is 13.3. The zero-order valence-corrected chi connectivity index (χ0v) is 57.9. The number of hydrogen-bond donors (Lipinski definition) is 6. The number of unbranched alkanes of at least 4 members (excludes halogenated alkanes) is 57. The minimum atomic E-state index is -5.09. The standard InChI is InChI=1S/C74H145NO11S/c1-3-5-7-9-11-13-15-17-19-21-23-25-27-28-29-30-31-32-33-34-35-36-37-38-39-40-42-44-46-48-50-52-54-56-58-60-62-64-70(78)75-67(66-84-74-72(80)73(86-87(81,82)83)71(79)69(65-76)85-74)68(77)63-61-59-57-55-53-51-49-47-45-43-41-26-24-22-20-18-16-14-12-10-8-6-4-2/h61,63,67-69,71-74,76-77,79-80H,3-60,62,64-66H2,1-2H3,(H,75,78)(H,81,82,83)/b63-61+. The second-order valence-corrected chi connectivity index (χ2v) is 28.0. The third-order valence-electron chi connectivity index (χ3n) is 18.6. The topological polar surface area (TPSA) is 192 Å². The van der Waals surface area contributed by atoms with E-state index in [1.165, 1.54) is 334 Å². The van der Waals surface area contributed by atoms with Crippen LogP contribution in [0.25, 0.3) is 0 Å². The van der Waals surface area contributed by atoms with Gasteiger partial charge < -0.3 is 35.2 Å². The zero-order valence-electron chi connectivity index (χ0n) is 57.1. The number of aliphatic hydroxyl groups excluding tert-OH is 4. The van der Waals surface area contributed by atoms with E-state index in [0.717, 1.165) is 38.5 Å². The molecule has 0 aliphatic carbocycles. The Morgan fingerprint density at radius 1 is 0.448 bits per heavy atom. The molecule has 0 radical (unpaired) electrons. The van der Waals surface area contributed by atoms with E-state index in [4.69, 9.17) is 9.47 Å². The highest BCUT2D eigenvalue weighted by atomic mass is 32.3. The fourth-order valence-electron chi connectivity index (χ4n) is 12.8. The van der Waals surface area contributed by atoms with Gasteiger partial charge in [-0.3, -0.25) is 9.35 Å². The molecule has 1 heterocycles. The molecule has 1 amide bonds. The van der Waals surface area contributed by atoms with Gasteiger partial charge in [-0.15, -0.1) is 0 Å². The number of carbonyl (C=O) groups excluding carboxylic acids is 1. The summed E-state index contributed by atoms with van der Waals surface area (Å²) >= 11 is 0. The molecular formula is C74H145NO11S. The van der Waals surface area contributed by atoms with E-state index >= 15 is 0 Å². The number of rotatable bonds is 69. The third-order valence-corrected chi connectivity index (χ3v) is 19.0. The van der Waals surface area contributed by atoms with Crippen LogP contribution in [-0.4, -0.2) is 95.4 Å². The van der Waals surface area contributed by atoms with Crippen molar-refractivity contribution in [2.24, 2.45) is 0 Å². The van der Waals surface area contributed by atoms with Gasteiger partial charge in [0.05, 0.1) is 25.4 Å². The summed E-state index contributed by atoms with van der Waals surface area (Å²) in [6, 6.07) is -0.942. The van der Waals surface area contributed by atoms with E-state index < -0.39 is 59.9 Å². The summed E-state index contributed by atoms with van der Waals surface area (Å²) in [6.07, 6.45) is 73.2. The number of aliphatic hydroxyl groups is 4. The maximum Gasteiger partial charge on any atom is 0.397 e. The van der Waals surface area contributed by atoms with Crippen molar-refractivity contribution in [1.82, 2.24) is 5.32 Å². The van der Waals surface area contributed by atoms with Crippen molar-refractivity contribution in [3.8, 4) is 0 Å². The van der Waals surface area contributed by atoms with Gasteiger partial charge in [0, 0.05) is 6.42 Å². The van der Waals surface area contributed by atoms with Gasteiger partial charge in [-0.05, 0) is 19.3 Å². The first kappa shape index (κ1) is 83.9. The normalized spacial score (nSPS) is 18.1. The average Bonchev–Trinajstić information content (AvgIpc) is 2.70. The second-order valence-electron chi connectivity index (χ2n) is 27.0. The van der Waals surface area contributed by atoms with E-state index in [-0.39, 0.29) is 18.9 Å². The van der Waals surface area contributed by atoms with E-state index in [1.54, 1.807) is 6.08 Å². The Kier molecular flexibility index (Phi) is 61.3. The molecule has 1 aliphatic heterocycles. The van der Waals surface area contributed by atoms with E-state index in [2.05, 4.69) is 23.3 Å². The van der Waals surface area contributed by atoms with Crippen molar-refractivity contribution in [3.05, 3.63) is 12.2 Å². The lowest BCUT2D eigenvalue weighted by atomic mass is 9.99. The van der Waals surface area contributed by atoms with Crippen LogP contribution in [0.2, 0.25) is 0 Å². The first-order valence-electron chi connectivity index (χ1n) is 38.1. The second kappa shape index (κ2) is 63.6.